The summed E-state index contributed by atoms with van der Waals surface area (Å²) in [5, 5.41) is 0.299. The van der Waals surface area contributed by atoms with E-state index in [2.05, 4.69) is 45.4 Å². The van der Waals surface area contributed by atoms with Crippen molar-refractivity contribution in [2.24, 2.45) is 0 Å². The summed E-state index contributed by atoms with van der Waals surface area (Å²) in [6, 6.07) is 0. The van der Waals surface area contributed by atoms with Gasteiger partial charge in [-0.3, -0.25) is 0 Å². The lowest BCUT2D eigenvalue weighted by atomic mass is 10.2. The normalized spacial score (nSPS) is 14.0. The molecule has 0 saturated heterocycles. The van der Waals surface area contributed by atoms with E-state index in [1.807, 2.05) is 20.8 Å². The van der Waals surface area contributed by atoms with Gasteiger partial charge in [-0.2, -0.15) is 0 Å². The summed E-state index contributed by atoms with van der Waals surface area (Å²) in [5.41, 5.74) is 0. The summed E-state index contributed by atoms with van der Waals surface area (Å²) in [7, 11) is -4.21. The van der Waals surface area contributed by atoms with Crippen LogP contribution in [0.25, 0.3) is 0 Å². The largest absolute Gasteiger partial charge is 0.515 e. The third-order valence-electron chi connectivity index (χ3n) is 4.48. The van der Waals surface area contributed by atoms with E-state index in [-0.39, 0.29) is 0 Å². The second-order valence-electron chi connectivity index (χ2n) is 6.81. The molecule has 6 heteroatoms. The van der Waals surface area contributed by atoms with Gasteiger partial charge in [-0.1, -0.05) is 40.8 Å². The molecular formula is C15H37NO3Si2. The molecule has 21 heavy (non-hydrogen) atoms. The van der Waals surface area contributed by atoms with Crippen LogP contribution in [-0.4, -0.2) is 54.1 Å². The van der Waals surface area contributed by atoms with Crippen LogP contribution in [-0.2, 0) is 13.3 Å². The van der Waals surface area contributed by atoms with Crippen molar-refractivity contribution in [2.45, 2.75) is 66.6 Å². The average molecular weight is 336 g/mol. The molecule has 0 spiro atoms. The Hall–Kier alpha value is 0.274. The van der Waals surface area contributed by atoms with Gasteiger partial charge in [0.15, 0.2) is 0 Å². The maximum atomic E-state index is 6.03. The predicted molar refractivity (Wildman–Crippen MR) is 95.1 cm³/mol. The third kappa shape index (κ3) is 5.76. The molecule has 0 aromatic rings. The molecule has 4 nitrogen and oxygen atoms in total. The fourth-order valence-corrected chi connectivity index (χ4v) is 8.77. The Morgan fingerprint density at radius 2 is 1.19 bits per heavy atom. The lowest BCUT2D eigenvalue weighted by Crippen LogP contribution is -2.64. The van der Waals surface area contributed by atoms with Crippen LogP contribution < -0.4 is 0 Å². The SMILES string of the molecule is CCO[Si](CN(CC)[Si](C)(C)C(C)(C)C)(OCC)OCC. The van der Waals surface area contributed by atoms with Crippen molar-refractivity contribution in [1.82, 2.24) is 4.57 Å². The highest BCUT2D eigenvalue weighted by Crippen LogP contribution is 2.38. The quantitative estimate of drug-likeness (QED) is 0.567. The zero-order valence-electron chi connectivity index (χ0n) is 15.7. The van der Waals surface area contributed by atoms with Crippen LogP contribution in [0.2, 0.25) is 18.1 Å². The van der Waals surface area contributed by atoms with Crippen LogP contribution in [0.1, 0.15) is 48.5 Å². The van der Waals surface area contributed by atoms with Crippen LogP contribution in [0.3, 0.4) is 0 Å². The number of hydrogen-bond donors (Lipinski definition) is 0. The van der Waals surface area contributed by atoms with Crippen LogP contribution in [0.15, 0.2) is 0 Å². The Morgan fingerprint density at radius 1 is 0.810 bits per heavy atom. The van der Waals surface area contributed by atoms with E-state index in [1.54, 1.807) is 0 Å². The topological polar surface area (TPSA) is 30.9 Å². The van der Waals surface area contributed by atoms with Gasteiger partial charge < -0.3 is 17.8 Å². The first kappa shape index (κ1) is 21.3. The molecule has 0 radical (unpaired) electrons. The van der Waals surface area contributed by atoms with Gasteiger partial charge in [-0.15, -0.1) is 0 Å². The third-order valence-corrected chi connectivity index (χ3v) is 13.5. The number of rotatable bonds is 10. The Labute approximate surface area is 134 Å². The molecule has 0 saturated carbocycles. The molecule has 128 valence electrons. The molecule has 0 atom stereocenters. The van der Waals surface area contributed by atoms with E-state index >= 15 is 0 Å². The zero-order valence-corrected chi connectivity index (χ0v) is 17.7. The van der Waals surface area contributed by atoms with E-state index < -0.39 is 17.0 Å². The second kappa shape index (κ2) is 8.79. The average Bonchev–Trinajstić information content (AvgIpc) is 2.35. The molecule has 0 aromatic carbocycles. The van der Waals surface area contributed by atoms with E-state index in [9.17, 15) is 0 Å². The zero-order chi connectivity index (χ0) is 16.7. The van der Waals surface area contributed by atoms with Gasteiger partial charge >= 0.3 is 8.80 Å². The highest BCUT2D eigenvalue weighted by Gasteiger charge is 2.48. The van der Waals surface area contributed by atoms with Gasteiger partial charge in [0.1, 0.15) is 8.24 Å². The number of hydrogen-bond acceptors (Lipinski definition) is 4. The molecule has 0 amide bonds. The molecular weight excluding hydrogens is 298 g/mol. The fourth-order valence-electron chi connectivity index (χ4n) is 2.33. The Kier molecular flexibility index (Phi) is 8.90. The van der Waals surface area contributed by atoms with E-state index in [0.29, 0.717) is 24.9 Å². The number of nitrogens with zero attached hydrogens (tertiary/aromatic N) is 1. The predicted octanol–water partition coefficient (Wildman–Crippen LogP) is 3.90. The van der Waals surface area contributed by atoms with Crippen molar-refractivity contribution in [3.8, 4) is 0 Å². The van der Waals surface area contributed by atoms with E-state index in [1.165, 1.54) is 0 Å². The van der Waals surface area contributed by atoms with Crippen molar-refractivity contribution >= 4 is 17.0 Å². The van der Waals surface area contributed by atoms with Gasteiger partial charge in [0.05, 0.1) is 6.17 Å². The molecule has 0 aromatic heterocycles. The summed E-state index contributed by atoms with van der Waals surface area (Å²) in [6.07, 6.45) is 0.801. The first-order chi connectivity index (χ1) is 9.60. The Morgan fingerprint density at radius 3 is 1.43 bits per heavy atom. The van der Waals surface area contributed by atoms with Crippen molar-refractivity contribution in [1.29, 1.82) is 0 Å². The summed E-state index contributed by atoms with van der Waals surface area (Å²) in [4.78, 5) is 0. The minimum atomic E-state index is -2.61. The summed E-state index contributed by atoms with van der Waals surface area (Å²) < 4.78 is 20.7. The summed E-state index contributed by atoms with van der Waals surface area (Å²) in [6.45, 7) is 23.1. The second-order valence-corrected chi connectivity index (χ2v) is 14.6. The molecule has 0 aliphatic rings. The van der Waals surface area contributed by atoms with Crippen molar-refractivity contribution in [2.75, 3.05) is 32.5 Å². The highest BCUT2D eigenvalue weighted by molar-refractivity contribution is 6.78. The van der Waals surface area contributed by atoms with Crippen LogP contribution >= 0.6 is 0 Å². The lowest BCUT2D eigenvalue weighted by Gasteiger charge is -2.47. The maximum absolute atomic E-state index is 6.03. The summed E-state index contributed by atoms with van der Waals surface area (Å²) in [5.74, 6) is 0. The Bertz CT molecular complexity index is 276. The summed E-state index contributed by atoms with van der Waals surface area (Å²) >= 11 is 0. The standard InChI is InChI=1S/C15H37NO3Si2/c1-10-16(20(8,9)15(5,6)7)14-21(17-11-2,18-12-3)19-13-4/h10-14H2,1-9H3. The van der Waals surface area contributed by atoms with E-state index in [0.717, 1.165) is 12.7 Å². The van der Waals surface area contributed by atoms with Crippen LogP contribution in [0, 0.1) is 0 Å². The van der Waals surface area contributed by atoms with Gasteiger partial charge in [0, 0.05) is 19.8 Å². The van der Waals surface area contributed by atoms with Gasteiger partial charge in [0.2, 0.25) is 0 Å². The smallest absolute Gasteiger partial charge is 0.373 e. The monoisotopic (exact) mass is 335 g/mol. The molecule has 0 unspecified atom stereocenters. The van der Waals surface area contributed by atoms with Crippen molar-refractivity contribution < 1.29 is 13.3 Å². The molecule has 0 aliphatic carbocycles. The van der Waals surface area contributed by atoms with E-state index in [4.69, 9.17) is 13.3 Å². The van der Waals surface area contributed by atoms with Crippen LogP contribution in [0.4, 0.5) is 0 Å². The molecule has 0 bridgehead atoms. The molecule has 0 N–H and O–H groups in total. The maximum Gasteiger partial charge on any atom is 0.515 e. The Balaban J connectivity index is 5.34. The molecule has 0 fully saturated rings. The van der Waals surface area contributed by atoms with Gasteiger partial charge in [0.25, 0.3) is 0 Å². The first-order valence-corrected chi connectivity index (χ1v) is 13.1. The van der Waals surface area contributed by atoms with Crippen molar-refractivity contribution in [3.05, 3.63) is 0 Å². The first-order valence-electron chi connectivity index (χ1n) is 8.27. The van der Waals surface area contributed by atoms with Gasteiger partial charge in [-0.25, -0.2) is 0 Å². The minimum Gasteiger partial charge on any atom is -0.373 e. The lowest BCUT2D eigenvalue weighted by molar-refractivity contribution is 0.0635. The molecule has 0 rings (SSSR count). The van der Waals surface area contributed by atoms with Crippen LogP contribution in [0.5, 0.6) is 0 Å². The molecule has 0 aliphatic heterocycles. The highest BCUT2D eigenvalue weighted by atomic mass is 28.4. The van der Waals surface area contributed by atoms with Crippen molar-refractivity contribution in [3.63, 3.8) is 0 Å². The fraction of sp³-hybridized carbons (Fsp3) is 1.00. The van der Waals surface area contributed by atoms with Gasteiger partial charge in [-0.05, 0) is 32.4 Å². The molecule has 0 heterocycles. The minimum absolute atomic E-state index is 0.299.